The largest absolute Gasteiger partial charge is 0.493 e. The first-order valence-corrected chi connectivity index (χ1v) is 9.16. The smallest absolute Gasteiger partial charge is 0.343 e. The first-order valence-electron chi connectivity index (χ1n) is 9.16. The van der Waals surface area contributed by atoms with Crippen molar-refractivity contribution >= 4 is 11.8 Å². The zero-order chi connectivity index (χ0) is 20.7. The van der Waals surface area contributed by atoms with Crippen LogP contribution in [0.4, 0.5) is 5.82 Å². The third-order valence-corrected chi connectivity index (χ3v) is 5.24. The molecule has 1 aromatic carbocycles. The van der Waals surface area contributed by atoms with Crippen LogP contribution in [0.15, 0.2) is 21.7 Å². The number of esters is 1. The van der Waals surface area contributed by atoms with E-state index in [1.165, 1.54) is 18.8 Å². The summed E-state index contributed by atoms with van der Waals surface area (Å²) < 4.78 is 22.8. The number of fused-ring (bicyclic) bond motifs is 1. The summed E-state index contributed by atoms with van der Waals surface area (Å²) in [6.45, 7) is 0.818. The van der Waals surface area contributed by atoms with Crippen molar-refractivity contribution in [3.05, 3.63) is 49.7 Å². The number of nitrogens with one attached hydrogen (secondary N) is 1. The number of hydrogen-bond donors (Lipinski definition) is 2. The van der Waals surface area contributed by atoms with E-state index >= 15 is 0 Å². The van der Waals surface area contributed by atoms with Gasteiger partial charge in [0.05, 0.1) is 26.9 Å². The van der Waals surface area contributed by atoms with E-state index in [0.29, 0.717) is 17.9 Å². The fraction of sp³-hybridized carbons (Fsp3) is 0.421. The lowest BCUT2D eigenvalue weighted by Crippen LogP contribution is -2.38. The summed E-state index contributed by atoms with van der Waals surface area (Å²) in [5.41, 5.74) is 5.42. The van der Waals surface area contributed by atoms with Crippen molar-refractivity contribution in [1.29, 1.82) is 0 Å². The van der Waals surface area contributed by atoms with E-state index in [1.807, 2.05) is 0 Å². The van der Waals surface area contributed by atoms with Crippen LogP contribution in [0.2, 0.25) is 0 Å². The van der Waals surface area contributed by atoms with Crippen molar-refractivity contribution in [2.75, 3.05) is 26.6 Å². The van der Waals surface area contributed by atoms with Crippen molar-refractivity contribution in [2.24, 2.45) is 0 Å². The molecule has 0 amide bonds. The molecule has 2 atom stereocenters. The minimum atomic E-state index is -1.07. The Bertz CT molecular complexity index is 1080. The van der Waals surface area contributed by atoms with Crippen LogP contribution in [0.5, 0.6) is 11.5 Å². The molecule has 2 aliphatic heterocycles. The van der Waals surface area contributed by atoms with Crippen molar-refractivity contribution in [3.8, 4) is 11.5 Å². The van der Waals surface area contributed by atoms with Crippen LogP contribution < -0.4 is 26.5 Å². The van der Waals surface area contributed by atoms with E-state index in [0.717, 1.165) is 12.8 Å². The van der Waals surface area contributed by atoms with Gasteiger partial charge in [-0.15, -0.1) is 0 Å². The monoisotopic (exact) mass is 403 g/mol. The number of carbonyl (C=O) groups excluding carboxylic acids is 1. The Kier molecular flexibility index (Phi) is 4.79. The van der Waals surface area contributed by atoms with Gasteiger partial charge < -0.3 is 24.7 Å². The predicted molar refractivity (Wildman–Crippen MR) is 102 cm³/mol. The topological polar surface area (TPSA) is 135 Å². The third kappa shape index (κ3) is 3.05. The second-order valence-corrected chi connectivity index (χ2v) is 6.85. The van der Waals surface area contributed by atoms with Crippen LogP contribution in [0.3, 0.4) is 0 Å². The van der Waals surface area contributed by atoms with Gasteiger partial charge in [0.15, 0.2) is 17.6 Å². The summed E-state index contributed by atoms with van der Waals surface area (Å²) >= 11 is 0. The Morgan fingerprint density at radius 1 is 1.24 bits per heavy atom. The van der Waals surface area contributed by atoms with Gasteiger partial charge in [-0.3, -0.25) is 14.3 Å². The zero-order valence-electron chi connectivity index (χ0n) is 16.0. The van der Waals surface area contributed by atoms with Crippen LogP contribution in [-0.4, -0.2) is 42.5 Å². The Morgan fingerprint density at radius 2 is 2.03 bits per heavy atom. The number of cyclic esters (lactones) is 1. The first kappa shape index (κ1) is 19.1. The molecule has 2 aliphatic rings. The Balaban J connectivity index is 1.84. The van der Waals surface area contributed by atoms with Crippen molar-refractivity contribution in [1.82, 2.24) is 9.55 Å². The van der Waals surface area contributed by atoms with Crippen LogP contribution in [-0.2, 0) is 16.0 Å². The molecule has 0 saturated carbocycles. The molecule has 1 saturated heterocycles. The molecule has 0 aliphatic carbocycles. The molecule has 4 rings (SSSR count). The number of nitrogens with zero attached hydrogens (tertiary/aromatic N) is 1. The summed E-state index contributed by atoms with van der Waals surface area (Å²) in [4.78, 5) is 39.8. The maximum absolute atomic E-state index is 12.6. The average molecular weight is 403 g/mol. The normalized spacial score (nSPS) is 20.4. The Morgan fingerprint density at radius 3 is 2.69 bits per heavy atom. The molecule has 0 spiro atoms. The minimum absolute atomic E-state index is 0.0121. The number of aromatic amines is 1. The van der Waals surface area contributed by atoms with E-state index < -0.39 is 23.3 Å². The number of anilines is 1. The molecule has 10 heteroatoms. The van der Waals surface area contributed by atoms with Gasteiger partial charge in [-0.05, 0) is 18.9 Å². The number of ether oxygens (including phenoxy) is 4. The van der Waals surface area contributed by atoms with Crippen LogP contribution in [0, 0.1) is 0 Å². The lowest BCUT2D eigenvalue weighted by molar-refractivity contribution is 0.0451. The number of benzene rings is 1. The maximum atomic E-state index is 12.6. The van der Waals surface area contributed by atoms with Gasteiger partial charge in [0.1, 0.15) is 16.9 Å². The third-order valence-electron chi connectivity index (χ3n) is 5.24. The molecule has 0 unspecified atom stereocenters. The van der Waals surface area contributed by atoms with Gasteiger partial charge in [0.25, 0.3) is 5.56 Å². The van der Waals surface area contributed by atoms with E-state index in [9.17, 15) is 14.4 Å². The number of nitrogens with two attached hydrogens (primary N) is 1. The molecule has 29 heavy (non-hydrogen) atoms. The molecule has 10 nitrogen and oxygen atoms in total. The molecule has 2 aromatic rings. The number of methoxy groups -OCH3 is 2. The Hall–Kier alpha value is -3.27. The van der Waals surface area contributed by atoms with Crippen molar-refractivity contribution in [3.63, 3.8) is 0 Å². The molecule has 1 fully saturated rings. The number of hydrogen-bond acceptors (Lipinski definition) is 8. The van der Waals surface area contributed by atoms with E-state index in [1.54, 1.807) is 12.1 Å². The molecular weight excluding hydrogens is 382 g/mol. The summed E-state index contributed by atoms with van der Waals surface area (Å²) in [6, 6.07) is 3.22. The highest BCUT2D eigenvalue weighted by Crippen LogP contribution is 2.44. The molecule has 0 radical (unpaired) electrons. The zero-order valence-corrected chi connectivity index (χ0v) is 16.0. The predicted octanol–water partition coefficient (Wildman–Crippen LogP) is 0.575. The molecular formula is C19H21N3O7. The SMILES string of the molecule is COc1ccc2c(c1OC)C(=O)O[C@@H]2c1c(N)n(C[C@@H]2CCCO2)c(=O)[nH]c1=O. The summed E-state index contributed by atoms with van der Waals surface area (Å²) in [5, 5.41) is 0. The molecule has 0 bridgehead atoms. The second kappa shape index (κ2) is 7.28. The number of rotatable bonds is 5. The number of aromatic nitrogens is 2. The quantitative estimate of drug-likeness (QED) is 0.692. The van der Waals surface area contributed by atoms with Gasteiger partial charge in [0.2, 0.25) is 0 Å². The highest BCUT2D eigenvalue weighted by molar-refractivity contribution is 5.98. The van der Waals surface area contributed by atoms with Gasteiger partial charge in [-0.25, -0.2) is 9.59 Å². The number of H-pyrrole nitrogens is 1. The van der Waals surface area contributed by atoms with Gasteiger partial charge in [-0.2, -0.15) is 0 Å². The first-order chi connectivity index (χ1) is 14.0. The van der Waals surface area contributed by atoms with E-state index in [-0.39, 0.29) is 35.3 Å². The van der Waals surface area contributed by atoms with Crippen molar-refractivity contribution < 1.29 is 23.7 Å². The molecule has 1 aromatic heterocycles. The molecule has 3 N–H and O–H groups in total. The fourth-order valence-corrected chi connectivity index (χ4v) is 3.84. The standard InChI is InChI=1S/C19H21N3O7/c1-26-11-6-5-10-12(15(11)27-2)18(24)29-14(10)13-16(20)22(19(25)21-17(13)23)8-9-4-3-7-28-9/h5-6,9,14H,3-4,7-8,20H2,1-2H3,(H,21,23,25)/t9-,14-/m0/s1. The van der Waals surface area contributed by atoms with E-state index in [2.05, 4.69) is 4.98 Å². The molecule has 3 heterocycles. The molecule has 154 valence electrons. The summed E-state index contributed by atoms with van der Waals surface area (Å²) in [6.07, 6.45) is 0.442. The van der Waals surface area contributed by atoms with Crippen LogP contribution in [0.25, 0.3) is 0 Å². The highest BCUT2D eigenvalue weighted by atomic mass is 16.6. The van der Waals surface area contributed by atoms with Gasteiger partial charge >= 0.3 is 11.7 Å². The van der Waals surface area contributed by atoms with Gasteiger partial charge in [0, 0.05) is 12.2 Å². The average Bonchev–Trinajstić information content (AvgIpc) is 3.32. The second-order valence-electron chi connectivity index (χ2n) is 6.85. The number of carbonyl (C=O) groups is 1. The summed E-state index contributed by atoms with van der Waals surface area (Å²) in [7, 11) is 2.85. The minimum Gasteiger partial charge on any atom is -0.493 e. The van der Waals surface area contributed by atoms with Crippen molar-refractivity contribution in [2.45, 2.75) is 31.6 Å². The van der Waals surface area contributed by atoms with Crippen LogP contribution >= 0.6 is 0 Å². The van der Waals surface area contributed by atoms with Crippen LogP contribution in [0.1, 0.15) is 40.4 Å². The fourth-order valence-electron chi connectivity index (χ4n) is 3.84. The number of nitrogen functional groups attached to an aromatic ring is 1. The van der Waals surface area contributed by atoms with E-state index in [4.69, 9.17) is 24.7 Å². The Labute approximate surface area is 165 Å². The summed E-state index contributed by atoms with van der Waals surface area (Å²) in [5.74, 6) is -0.166. The van der Waals surface area contributed by atoms with Gasteiger partial charge in [-0.1, -0.05) is 6.07 Å². The maximum Gasteiger partial charge on any atom is 0.343 e. The highest BCUT2D eigenvalue weighted by Gasteiger charge is 2.39. The lowest BCUT2D eigenvalue weighted by atomic mass is 9.99. The lowest BCUT2D eigenvalue weighted by Gasteiger charge is -2.18.